The number of hydrogen-bond acceptors (Lipinski definition) is 3. The first kappa shape index (κ1) is 15.3. The molecule has 5 heteroatoms. The number of carbonyl (C=O) groups excluding carboxylic acids is 2. The molecule has 2 heterocycles. The lowest BCUT2D eigenvalue weighted by Crippen LogP contribution is -2.38. The van der Waals surface area contributed by atoms with Crippen LogP contribution >= 0.6 is 0 Å². The minimum Gasteiger partial charge on any atom is -0.443 e. The maximum atomic E-state index is 12.6. The zero-order valence-electron chi connectivity index (χ0n) is 13.6. The number of rotatable bonds is 0. The van der Waals surface area contributed by atoms with Gasteiger partial charge < -0.3 is 9.72 Å². The van der Waals surface area contributed by atoms with Crippen LogP contribution in [0.15, 0.2) is 36.5 Å². The highest BCUT2D eigenvalue weighted by molar-refractivity contribution is 6.13. The molecule has 2 aromatic rings. The predicted molar refractivity (Wildman–Crippen MR) is 90.0 cm³/mol. The van der Waals surface area contributed by atoms with Crippen molar-refractivity contribution in [1.29, 1.82) is 0 Å². The number of carbonyl (C=O) groups is 2. The summed E-state index contributed by atoms with van der Waals surface area (Å²) in [7, 11) is 0. The smallest absolute Gasteiger partial charge is 0.414 e. The maximum Gasteiger partial charge on any atom is 0.414 e. The monoisotopic (exact) mass is 312 g/mol. The third kappa shape index (κ3) is 3.13. The molecule has 1 aliphatic heterocycles. The summed E-state index contributed by atoms with van der Waals surface area (Å²) < 4.78 is 5.50. The number of nitrogens with zero attached hydrogens (tertiary/aromatic N) is 1. The van der Waals surface area contributed by atoms with Crippen LogP contribution in [0.25, 0.3) is 10.9 Å². The van der Waals surface area contributed by atoms with Crippen molar-refractivity contribution < 1.29 is 14.3 Å². The van der Waals surface area contributed by atoms with Gasteiger partial charge in [-0.3, -0.25) is 9.69 Å². The first-order valence-corrected chi connectivity index (χ1v) is 7.68. The lowest BCUT2D eigenvalue weighted by atomic mass is 10.0. The number of nitrogens with one attached hydrogen (secondary N) is 1. The summed E-state index contributed by atoms with van der Waals surface area (Å²) in [6.45, 7) is 5.96. The Kier molecular flexibility index (Phi) is 3.72. The van der Waals surface area contributed by atoms with E-state index in [-0.39, 0.29) is 5.78 Å². The molecule has 1 aliphatic rings. The van der Waals surface area contributed by atoms with E-state index < -0.39 is 11.7 Å². The first-order valence-electron chi connectivity index (χ1n) is 7.68. The fraction of sp³-hybridized carbons (Fsp3) is 0.333. The average molecular weight is 312 g/mol. The molecule has 0 radical (unpaired) electrons. The van der Waals surface area contributed by atoms with E-state index in [0.717, 1.165) is 10.9 Å². The molecule has 0 aliphatic carbocycles. The van der Waals surface area contributed by atoms with Crippen molar-refractivity contribution >= 4 is 28.5 Å². The number of aromatic nitrogens is 1. The molecule has 120 valence electrons. The van der Waals surface area contributed by atoms with Crippen LogP contribution in [-0.2, 0) is 4.74 Å². The third-order valence-electron chi connectivity index (χ3n) is 3.63. The van der Waals surface area contributed by atoms with E-state index in [2.05, 4.69) is 4.98 Å². The third-order valence-corrected chi connectivity index (χ3v) is 3.63. The summed E-state index contributed by atoms with van der Waals surface area (Å²) >= 11 is 0. The lowest BCUT2D eigenvalue weighted by Gasteiger charge is -2.29. The zero-order chi connectivity index (χ0) is 16.6. The molecule has 1 aromatic heterocycles. The summed E-state index contributed by atoms with van der Waals surface area (Å²) in [6, 6.07) is 5.56. The zero-order valence-corrected chi connectivity index (χ0v) is 13.6. The van der Waals surface area contributed by atoms with E-state index in [1.807, 2.05) is 45.2 Å². The van der Waals surface area contributed by atoms with Crippen molar-refractivity contribution in [2.24, 2.45) is 0 Å². The molecule has 1 amide bonds. The van der Waals surface area contributed by atoms with Gasteiger partial charge in [-0.2, -0.15) is 0 Å². The summed E-state index contributed by atoms with van der Waals surface area (Å²) in [5.74, 6) is -0.101. The number of ketones is 1. The second-order valence-corrected chi connectivity index (χ2v) is 6.62. The van der Waals surface area contributed by atoms with Crippen molar-refractivity contribution in [3.63, 3.8) is 0 Å². The van der Waals surface area contributed by atoms with Crippen LogP contribution in [0.4, 0.5) is 10.5 Å². The number of benzene rings is 1. The number of allylic oxidation sites excluding steroid dienone is 1. The summed E-state index contributed by atoms with van der Waals surface area (Å²) in [5, 5.41) is 0.940. The van der Waals surface area contributed by atoms with Gasteiger partial charge in [0.1, 0.15) is 5.60 Å². The van der Waals surface area contributed by atoms with Crippen LogP contribution < -0.4 is 4.90 Å². The van der Waals surface area contributed by atoms with Gasteiger partial charge in [-0.15, -0.1) is 0 Å². The van der Waals surface area contributed by atoms with E-state index in [1.54, 1.807) is 17.1 Å². The Balaban J connectivity index is 2.11. The molecule has 0 spiro atoms. The fourth-order valence-corrected chi connectivity index (χ4v) is 2.62. The Morgan fingerprint density at radius 1 is 1.30 bits per heavy atom. The standard InChI is InChI=1S/C18H20N2O3/c1-18(2,3)23-17(22)20-9-5-4-6-16(21)13-10-12-7-8-19-14(12)11-15(13)20/h4,6-8,10-11,19H,5,9H2,1-3H3/b6-4-. The number of H-pyrrole nitrogens is 1. The van der Waals surface area contributed by atoms with Gasteiger partial charge in [-0.25, -0.2) is 4.79 Å². The molecular weight excluding hydrogens is 292 g/mol. The lowest BCUT2D eigenvalue weighted by molar-refractivity contribution is 0.0581. The van der Waals surface area contributed by atoms with Crippen molar-refractivity contribution in [2.75, 3.05) is 11.4 Å². The molecule has 0 fully saturated rings. The van der Waals surface area contributed by atoms with E-state index in [1.165, 1.54) is 0 Å². The molecule has 0 saturated heterocycles. The van der Waals surface area contributed by atoms with Gasteiger partial charge in [0.15, 0.2) is 5.78 Å². The molecule has 0 bridgehead atoms. The molecule has 0 saturated carbocycles. The van der Waals surface area contributed by atoms with Crippen molar-refractivity contribution in [1.82, 2.24) is 4.98 Å². The summed E-state index contributed by atoms with van der Waals surface area (Å²) in [4.78, 5) is 29.6. The van der Waals surface area contributed by atoms with E-state index in [0.29, 0.717) is 24.2 Å². The largest absolute Gasteiger partial charge is 0.443 e. The Morgan fingerprint density at radius 2 is 2.09 bits per heavy atom. The molecule has 0 atom stereocenters. The van der Waals surface area contributed by atoms with Crippen molar-refractivity contribution in [2.45, 2.75) is 32.8 Å². The highest BCUT2D eigenvalue weighted by Crippen LogP contribution is 2.30. The SMILES string of the molecule is CC(C)(C)OC(=O)N1CC/C=C\C(=O)c2cc3cc[nH]c3cc21. The van der Waals surface area contributed by atoms with Gasteiger partial charge in [0.05, 0.1) is 5.69 Å². The number of amides is 1. The number of anilines is 1. The Labute approximate surface area is 134 Å². The van der Waals surface area contributed by atoms with Gasteiger partial charge in [0.25, 0.3) is 0 Å². The minimum absolute atomic E-state index is 0.101. The minimum atomic E-state index is -0.587. The van der Waals surface area contributed by atoms with Crippen LogP contribution in [0.5, 0.6) is 0 Å². The van der Waals surface area contributed by atoms with E-state index >= 15 is 0 Å². The van der Waals surface area contributed by atoms with Gasteiger partial charge in [-0.1, -0.05) is 6.08 Å². The quantitative estimate of drug-likeness (QED) is 0.798. The molecule has 5 nitrogen and oxygen atoms in total. The molecule has 23 heavy (non-hydrogen) atoms. The van der Waals surface area contributed by atoms with Crippen LogP contribution in [0.1, 0.15) is 37.6 Å². The maximum absolute atomic E-state index is 12.6. The van der Waals surface area contributed by atoms with Crippen molar-refractivity contribution in [3.05, 3.63) is 42.1 Å². The number of hydrogen-bond donors (Lipinski definition) is 1. The average Bonchev–Trinajstić information content (AvgIpc) is 2.89. The Hall–Kier alpha value is -2.56. The van der Waals surface area contributed by atoms with Crippen molar-refractivity contribution in [3.8, 4) is 0 Å². The molecule has 1 aromatic carbocycles. The van der Waals surface area contributed by atoms with Crippen LogP contribution in [0, 0.1) is 0 Å². The number of fused-ring (bicyclic) bond motifs is 2. The van der Waals surface area contributed by atoms with E-state index in [4.69, 9.17) is 4.74 Å². The second kappa shape index (κ2) is 5.57. The van der Waals surface area contributed by atoms with E-state index in [9.17, 15) is 9.59 Å². The van der Waals surface area contributed by atoms with Gasteiger partial charge >= 0.3 is 6.09 Å². The normalized spacial score (nSPS) is 16.7. The first-order chi connectivity index (χ1) is 10.8. The number of aromatic amines is 1. The molecule has 1 N–H and O–H groups in total. The fourth-order valence-electron chi connectivity index (χ4n) is 2.62. The predicted octanol–water partition coefficient (Wildman–Crippen LogP) is 4.05. The van der Waals surface area contributed by atoms with Crippen LogP contribution in [0.3, 0.4) is 0 Å². The Bertz CT molecular complexity index is 796. The summed E-state index contributed by atoms with van der Waals surface area (Å²) in [5.41, 5.74) is 1.40. The second-order valence-electron chi connectivity index (χ2n) is 6.62. The van der Waals surface area contributed by atoms with Gasteiger partial charge in [0, 0.05) is 29.2 Å². The molecular formula is C18H20N2O3. The molecule has 3 rings (SSSR count). The van der Waals surface area contributed by atoms with Crippen LogP contribution in [0.2, 0.25) is 0 Å². The summed E-state index contributed by atoms with van der Waals surface area (Å²) in [6.07, 6.45) is 5.35. The number of ether oxygens (including phenoxy) is 1. The molecule has 0 unspecified atom stereocenters. The van der Waals surface area contributed by atoms with Crippen LogP contribution in [-0.4, -0.2) is 29.0 Å². The topological polar surface area (TPSA) is 62.4 Å². The van der Waals surface area contributed by atoms with Gasteiger partial charge in [-0.05, 0) is 51.5 Å². The Morgan fingerprint density at radius 3 is 2.83 bits per heavy atom. The highest BCUT2D eigenvalue weighted by atomic mass is 16.6. The van der Waals surface area contributed by atoms with Gasteiger partial charge in [0.2, 0.25) is 0 Å². The highest BCUT2D eigenvalue weighted by Gasteiger charge is 2.27.